The van der Waals surface area contributed by atoms with E-state index in [9.17, 15) is 4.79 Å². The van der Waals surface area contributed by atoms with Crippen molar-refractivity contribution in [3.05, 3.63) is 35.7 Å². The van der Waals surface area contributed by atoms with Crippen LogP contribution in [0.15, 0.2) is 28.8 Å². The second-order valence-electron chi connectivity index (χ2n) is 5.86. The monoisotopic (exact) mass is 315 g/mol. The zero-order valence-corrected chi connectivity index (χ0v) is 13.5. The lowest BCUT2D eigenvalue weighted by Gasteiger charge is -2.33. The van der Waals surface area contributed by atoms with Crippen molar-refractivity contribution in [3.63, 3.8) is 0 Å². The van der Waals surface area contributed by atoms with Crippen molar-refractivity contribution in [2.45, 2.75) is 32.2 Å². The number of rotatable bonds is 4. The van der Waals surface area contributed by atoms with Gasteiger partial charge in [-0.05, 0) is 32.3 Å². The Bertz CT molecular complexity index is 683. The predicted molar refractivity (Wildman–Crippen MR) is 84.7 cm³/mol. The molecule has 1 unspecified atom stereocenters. The van der Waals surface area contributed by atoms with Crippen LogP contribution in [0.25, 0.3) is 11.4 Å². The van der Waals surface area contributed by atoms with E-state index in [1.165, 1.54) is 7.11 Å². The van der Waals surface area contributed by atoms with Crippen molar-refractivity contribution in [1.82, 2.24) is 15.0 Å². The smallest absolute Gasteiger partial charge is 0.249 e. The molecule has 1 fully saturated rings. The molecule has 23 heavy (non-hydrogen) atoms. The zero-order valence-electron chi connectivity index (χ0n) is 13.5. The van der Waals surface area contributed by atoms with Crippen LogP contribution in [0.4, 0.5) is 0 Å². The van der Waals surface area contributed by atoms with Gasteiger partial charge in [-0.25, -0.2) is 0 Å². The molecule has 1 aromatic heterocycles. The summed E-state index contributed by atoms with van der Waals surface area (Å²) in [6, 6.07) is 7.81. The second-order valence-corrected chi connectivity index (χ2v) is 5.86. The lowest BCUT2D eigenvalue weighted by Crippen LogP contribution is -2.40. The average molecular weight is 315 g/mol. The minimum absolute atomic E-state index is 0.0347. The number of aromatic nitrogens is 2. The number of carbonyl (C=O) groups is 1. The quantitative estimate of drug-likeness (QED) is 0.868. The molecule has 0 aliphatic carbocycles. The van der Waals surface area contributed by atoms with Gasteiger partial charge in [-0.15, -0.1) is 0 Å². The maximum Gasteiger partial charge on any atom is 0.249 e. The third kappa shape index (κ3) is 3.42. The Morgan fingerprint density at radius 2 is 2.30 bits per heavy atom. The zero-order chi connectivity index (χ0) is 16.2. The molecule has 0 spiro atoms. The molecule has 1 atom stereocenters. The minimum Gasteiger partial charge on any atom is -0.375 e. The van der Waals surface area contributed by atoms with Crippen LogP contribution in [0, 0.1) is 6.92 Å². The number of methoxy groups -OCH3 is 1. The fraction of sp³-hybridized carbons (Fsp3) is 0.471. The number of ether oxygens (including phenoxy) is 1. The summed E-state index contributed by atoms with van der Waals surface area (Å²) < 4.78 is 10.4. The van der Waals surface area contributed by atoms with Gasteiger partial charge in [0.15, 0.2) is 0 Å². The first kappa shape index (κ1) is 15.7. The van der Waals surface area contributed by atoms with Crippen molar-refractivity contribution in [2.24, 2.45) is 0 Å². The Kier molecular flexibility index (Phi) is 4.71. The molecule has 6 nitrogen and oxygen atoms in total. The molecular formula is C17H21N3O3. The third-order valence-corrected chi connectivity index (χ3v) is 4.09. The first-order valence-electron chi connectivity index (χ1n) is 7.88. The molecule has 0 saturated carbocycles. The Morgan fingerprint density at radius 3 is 3.09 bits per heavy atom. The molecule has 1 aliphatic rings. The predicted octanol–water partition coefficient (Wildman–Crippen LogP) is 2.75. The Hall–Kier alpha value is -2.21. The maximum absolute atomic E-state index is 12.2. The van der Waals surface area contributed by atoms with Gasteiger partial charge in [0.05, 0.1) is 0 Å². The molecule has 122 valence electrons. The number of hydrogen-bond donors (Lipinski definition) is 0. The van der Waals surface area contributed by atoms with Gasteiger partial charge in [-0.3, -0.25) is 4.79 Å². The summed E-state index contributed by atoms with van der Waals surface area (Å²) in [5.41, 5.74) is 2.06. The molecule has 1 saturated heterocycles. The van der Waals surface area contributed by atoms with Crippen LogP contribution in [-0.2, 0) is 9.53 Å². The van der Waals surface area contributed by atoms with Gasteiger partial charge in [0.25, 0.3) is 0 Å². The van der Waals surface area contributed by atoms with Gasteiger partial charge in [-0.2, -0.15) is 4.98 Å². The minimum atomic E-state index is -0.155. The number of piperidine rings is 1. The molecule has 0 radical (unpaired) electrons. The van der Waals surface area contributed by atoms with Crippen LogP contribution in [0.3, 0.4) is 0 Å². The van der Waals surface area contributed by atoms with Gasteiger partial charge < -0.3 is 14.2 Å². The van der Waals surface area contributed by atoms with Gasteiger partial charge in [-0.1, -0.05) is 28.9 Å². The van der Waals surface area contributed by atoms with E-state index in [4.69, 9.17) is 9.26 Å². The molecule has 6 heteroatoms. The standard InChI is InChI=1S/C17H21N3O3/c1-12-6-5-7-13(10-12)16-18-17(23-19-16)14-8-3-4-9-20(14)15(21)11-22-2/h5-7,10,14H,3-4,8-9,11H2,1-2H3. The van der Waals surface area contributed by atoms with Crippen LogP contribution >= 0.6 is 0 Å². The largest absolute Gasteiger partial charge is 0.375 e. The fourth-order valence-electron chi connectivity index (χ4n) is 2.97. The molecule has 1 aliphatic heterocycles. The number of nitrogens with zero attached hydrogens (tertiary/aromatic N) is 3. The lowest BCUT2D eigenvalue weighted by atomic mass is 10.0. The molecule has 3 rings (SSSR count). The number of amides is 1. The van der Waals surface area contributed by atoms with E-state index in [1.54, 1.807) is 4.90 Å². The van der Waals surface area contributed by atoms with Crippen molar-refractivity contribution in [3.8, 4) is 11.4 Å². The summed E-state index contributed by atoms with van der Waals surface area (Å²) in [6.45, 7) is 2.81. The number of benzene rings is 1. The first-order chi connectivity index (χ1) is 11.2. The number of carbonyl (C=O) groups excluding carboxylic acids is 1. The SMILES string of the molecule is COCC(=O)N1CCCCC1c1nc(-c2cccc(C)c2)no1. The average Bonchev–Trinajstić information content (AvgIpc) is 3.05. The van der Waals surface area contributed by atoms with Crippen LogP contribution in [0.2, 0.25) is 0 Å². The number of hydrogen-bond acceptors (Lipinski definition) is 5. The third-order valence-electron chi connectivity index (χ3n) is 4.09. The highest BCUT2D eigenvalue weighted by atomic mass is 16.5. The maximum atomic E-state index is 12.2. The molecule has 0 N–H and O–H groups in total. The van der Waals surface area contributed by atoms with Crippen LogP contribution in [0.1, 0.15) is 36.8 Å². The van der Waals surface area contributed by atoms with E-state index >= 15 is 0 Å². The lowest BCUT2D eigenvalue weighted by molar-refractivity contribution is -0.139. The van der Waals surface area contributed by atoms with E-state index in [0.29, 0.717) is 18.3 Å². The Morgan fingerprint density at radius 1 is 1.43 bits per heavy atom. The van der Waals surface area contributed by atoms with E-state index in [0.717, 1.165) is 30.4 Å². The molecule has 0 bridgehead atoms. The van der Waals surface area contributed by atoms with Crippen LogP contribution in [-0.4, -0.2) is 41.2 Å². The van der Waals surface area contributed by atoms with Gasteiger partial charge in [0, 0.05) is 19.2 Å². The highest BCUT2D eigenvalue weighted by Gasteiger charge is 2.32. The second kappa shape index (κ2) is 6.91. The van der Waals surface area contributed by atoms with Crippen molar-refractivity contribution < 1.29 is 14.1 Å². The van der Waals surface area contributed by atoms with Crippen molar-refractivity contribution in [1.29, 1.82) is 0 Å². The number of aryl methyl sites for hydroxylation is 1. The van der Waals surface area contributed by atoms with E-state index in [-0.39, 0.29) is 18.6 Å². The topological polar surface area (TPSA) is 68.5 Å². The summed E-state index contributed by atoms with van der Waals surface area (Å²) in [4.78, 5) is 18.5. The first-order valence-corrected chi connectivity index (χ1v) is 7.88. The van der Waals surface area contributed by atoms with Crippen LogP contribution < -0.4 is 0 Å². The molecule has 1 amide bonds. The summed E-state index contributed by atoms with van der Waals surface area (Å²) in [7, 11) is 1.53. The van der Waals surface area contributed by atoms with Gasteiger partial charge in [0.1, 0.15) is 12.6 Å². The summed E-state index contributed by atoms with van der Waals surface area (Å²) in [6.07, 6.45) is 2.87. The molecular weight excluding hydrogens is 294 g/mol. The van der Waals surface area contributed by atoms with E-state index in [2.05, 4.69) is 10.1 Å². The summed E-state index contributed by atoms with van der Waals surface area (Å²) in [5, 5.41) is 4.09. The fourth-order valence-corrected chi connectivity index (χ4v) is 2.97. The van der Waals surface area contributed by atoms with Gasteiger partial charge >= 0.3 is 0 Å². The van der Waals surface area contributed by atoms with Crippen molar-refractivity contribution >= 4 is 5.91 Å². The number of likely N-dealkylation sites (tertiary alicyclic amines) is 1. The Balaban J connectivity index is 1.84. The highest BCUT2D eigenvalue weighted by Crippen LogP contribution is 2.31. The Labute approximate surface area is 135 Å². The van der Waals surface area contributed by atoms with E-state index in [1.807, 2.05) is 31.2 Å². The van der Waals surface area contributed by atoms with E-state index < -0.39 is 0 Å². The molecule has 2 aromatic rings. The highest BCUT2D eigenvalue weighted by molar-refractivity contribution is 5.78. The van der Waals surface area contributed by atoms with Crippen molar-refractivity contribution in [2.75, 3.05) is 20.3 Å². The normalized spacial score (nSPS) is 18.2. The molecule has 2 heterocycles. The van der Waals surface area contributed by atoms with Gasteiger partial charge in [0.2, 0.25) is 17.6 Å². The van der Waals surface area contributed by atoms with Crippen LogP contribution in [0.5, 0.6) is 0 Å². The summed E-state index contributed by atoms with van der Waals surface area (Å²) in [5.74, 6) is 1.03. The molecule has 1 aromatic carbocycles. The summed E-state index contributed by atoms with van der Waals surface area (Å²) >= 11 is 0.